The topological polar surface area (TPSA) is 48.4 Å². The fourth-order valence-electron chi connectivity index (χ4n) is 1.25. The molecule has 106 valence electrons. The van der Waals surface area contributed by atoms with Crippen molar-refractivity contribution in [1.82, 2.24) is 4.98 Å². The van der Waals surface area contributed by atoms with Crippen LogP contribution in [0.15, 0.2) is 6.20 Å². The summed E-state index contributed by atoms with van der Waals surface area (Å²) in [6.45, 7) is 0. The molecule has 0 saturated carbocycles. The first-order valence-electron chi connectivity index (χ1n) is 4.83. The molecule has 0 atom stereocenters. The fraction of sp³-hybridized carbons (Fsp3) is 0.400. The van der Waals surface area contributed by atoms with Gasteiger partial charge in [0.25, 0.3) is 0 Å². The smallest absolute Gasteiger partial charge is 0.469 e. The third-order valence-corrected chi connectivity index (χ3v) is 3.25. The molecule has 0 aliphatic rings. The number of carbonyl (C=O) groups is 1. The summed E-state index contributed by atoms with van der Waals surface area (Å²) in [5.41, 5.74) is -0.0336. The van der Waals surface area contributed by atoms with Gasteiger partial charge in [-0.2, -0.15) is 0 Å². The van der Waals surface area contributed by atoms with Crippen LogP contribution in [-0.2, 0) is 21.8 Å². The molecule has 4 nitrogen and oxygen atoms in total. The van der Waals surface area contributed by atoms with Crippen LogP contribution < -0.4 is 4.74 Å². The molecule has 0 fully saturated rings. The Morgan fingerprint density at radius 3 is 2.63 bits per heavy atom. The minimum absolute atomic E-state index is 0.133. The highest BCUT2D eigenvalue weighted by molar-refractivity contribution is 14.1. The van der Waals surface area contributed by atoms with Crippen molar-refractivity contribution in [3.63, 3.8) is 0 Å². The first kappa shape index (κ1) is 16.3. The number of rotatable bonds is 4. The van der Waals surface area contributed by atoms with Crippen LogP contribution >= 0.6 is 34.2 Å². The molecule has 0 saturated heterocycles. The largest absolute Gasteiger partial charge is 0.573 e. The van der Waals surface area contributed by atoms with Gasteiger partial charge in [0, 0.05) is 15.3 Å². The molecule has 0 aliphatic heterocycles. The number of hydrogen-bond donors (Lipinski definition) is 0. The average molecular weight is 410 g/mol. The molecule has 1 aromatic rings. The van der Waals surface area contributed by atoms with Crippen LogP contribution in [0.2, 0.25) is 0 Å². The second-order valence-corrected chi connectivity index (χ2v) is 4.72. The van der Waals surface area contributed by atoms with E-state index >= 15 is 0 Å². The molecular weight excluding hydrogens is 401 g/mol. The minimum atomic E-state index is -4.89. The Morgan fingerprint density at radius 1 is 1.53 bits per heavy atom. The normalized spacial score (nSPS) is 11.3. The first-order valence-corrected chi connectivity index (χ1v) is 6.44. The quantitative estimate of drug-likeness (QED) is 0.436. The lowest BCUT2D eigenvalue weighted by Gasteiger charge is -2.16. The highest BCUT2D eigenvalue weighted by Crippen LogP contribution is 2.33. The summed E-state index contributed by atoms with van der Waals surface area (Å²) in [6.07, 6.45) is -4.00. The number of ether oxygens (including phenoxy) is 2. The summed E-state index contributed by atoms with van der Waals surface area (Å²) < 4.78 is 45.9. The Morgan fingerprint density at radius 2 is 2.16 bits per heavy atom. The maximum Gasteiger partial charge on any atom is 0.573 e. The Labute approximate surface area is 125 Å². The van der Waals surface area contributed by atoms with Gasteiger partial charge in [0.05, 0.1) is 25.1 Å². The monoisotopic (exact) mass is 409 g/mol. The molecule has 1 aromatic heterocycles. The maximum absolute atomic E-state index is 12.4. The van der Waals surface area contributed by atoms with Gasteiger partial charge in [0.2, 0.25) is 0 Å². The molecule has 0 spiro atoms. The van der Waals surface area contributed by atoms with Crippen molar-refractivity contribution in [3.05, 3.63) is 21.0 Å². The van der Waals surface area contributed by atoms with E-state index in [-0.39, 0.29) is 17.1 Å². The van der Waals surface area contributed by atoms with E-state index in [0.29, 0.717) is 3.57 Å². The van der Waals surface area contributed by atoms with Crippen LogP contribution in [-0.4, -0.2) is 24.4 Å². The molecule has 1 heterocycles. The summed E-state index contributed by atoms with van der Waals surface area (Å²) in [6, 6.07) is 0. The molecule has 1 rings (SSSR count). The minimum Gasteiger partial charge on any atom is -0.469 e. The van der Waals surface area contributed by atoms with E-state index in [1.54, 1.807) is 22.6 Å². The summed E-state index contributed by atoms with van der Waals surface area (Å²) in [5.74, 6) is -1.46. The van der Waals surface area contributed by atoms with E-state index in [2.05, 4.69) is 14.5 Å². The van der Waals surface area contributed by atoms with E-state index in [1.165, 1.54) is 6.20 Å². The number of halogens is 5. The Bertz CT molecular complexity index is 482. The Hall–Kier alpha value is -0.770. The SMILES string of the molecule is COC(=O)Cc1ncc(I)c(CCl)c1OC(F)(F)F. The van der Waals surface area contributed by atoms with Gasteiger partial charge in [-0.05, 0) is 22.6 Å². The number of methoxy groups -OCH3 is 1. The number of esters is 1. The van der Waals surface area contributed by atoms with Crippen LogP contribution in [0.25, 0.3) is 0 Å². The highest BCUT2D eigenvalue weighted by Gasteiger charge is 2.34. The third kappa shape index (κ3) is 4.68. The van der Waals surface area contributed by atoms with E-state index in [9.17, 15) is 18.0 Å². The summed E-state index contributed by atoms with van der Waals surface area (Å²) in [5, 5.41) is 0. The van der Waals surface area contributed by atoms with Crippen molar-refractivity contribution in [2.75, 3.05) is 7.11 Å². The lowest BCUT2D eigenvalue weighted by Crippen LogP contribution is -2.21. The molecule has 0 unspecified atom stereocenters. The van der Waals surface area contributed by atoms with Gasteiger partial charge in [-0.1, -0.05) is 0 Å². The first-order chi connectivity index (χ1) is 8.78. The van der Waals surface area contributed by atoms with Gasteiger partial charge < -0.3 is 9.47 Å². The Balaban J connectivity index is 3.25. The van der Waals surface area contributed by atoms with Crippen LogP contribution in [0.4, 0.5) is 13.2 Å². The van der Waals surface area contributed by atoms with E-state index < -0.39 is 24.5 Å². The van der Waals surface area contributed by atoms with Crippen LogP contribution in [0, 0.1) is 3.57 Å². The van der Waals surface area contributed by atoms with E-state index in [0.717, 1.165) is 7.11 Å². The zero-order chi connectivity index (χ0) is 14.6. The van der Waals surface area contributed by atoms with E-state index in [1.807, 2.05) is 0 Å². The molecule has 9 heteroatoms. The molecule has 0 N–H and O–H groups in total. The van der Waals surface area contributed by atoms with Crippen molar-refractivity contribution in [3.8, 4) is 5.75 Å². The summed E-state index contributed by atoms with van der Waals surface area (Å²) in [4.78, 5) is 14.9. The predicted molar refractivity (Wildman–Crippen MR) is 68.9 cm³/mol. The second kappa shape index (κ2) is 6.60. The van der Waals surface area contributed by atoms with Gasteiger partial charge in [-0.3, -0.25) is 9.78 Å². The number of nitrogens with zero attached hydrogens (tertiary/aromatic N) is 1. The zero-order valence-electron chi connectivity index (χ0n) is 9.55. The maximum atomic E-state index is 12.4. The fourth-order valence-corrected chi connectivity index (χ4v) is 2.32. The molecule has 0 aromatic carbocycles. The number of carbonyl (C=O) groups excluding carboxylic acids is 1. The average Bonchev–Trinajstić information content (AvgIpc) is 2.31. The predicted octanol–water partition coefficient (Wildman–Crippen LogP) is 3.04. The lowest BCUT2D eigenvalue weighted by atomic mass is 10.2. The number of pyridine rings is 1. The van der Waals surface area contributed by atoms with Gasteiger partial charge in [-0.25, -0.2) is 0 Å². The van der Waals surface area contributed by atoms with Crippen LogP contribution in [0.1, 0.15) is 11.3 Å². The standard InChI is InChI=1S/C10H8ClF3INO3/c1-18-8(17)2-7-9(19-10(12,13)14)5(3-11)6(15)4-16-7/h4H,2-3H2,1H3. The Kier molecular flexibility index (Phi) is 5.65. The van der Waals surface area contributed by atoms with E-state index in [4.69, 9.17) is 11.6 Å². The van der Waals surface area contributed by atoms with Gasteiger partial charge >= 0.3 is 12.3 Å². The summed E-state index contributed by atoms with van der Waals surface area (Å²) >= 11 is 7.40. The zero-order valence-corrected chi connectivity index (χ0v) is 12.5. The van der Waals surface area contributed by atoms with Crippen molar-refractivity contribution in [2.24, 2.45) is 0 Å². The molecule has 0 bridgehead atoms. The molecule has 0 radical (unpaired) electrons. The molecule has 0 aliphatic carbocycles. The second-order valence-electron chi connectivity index (χ2n) is 3.29. The lowest BCUT2D eigenvalue weighted by molar-refractivity contribution is -0.275. The van der Waals surface area contributed by atoms with Crippen LogP contribution in [0.3, 0.4) is 0 Å². The van der Waals surface area contributed by atoms with Crippen molar-refractivity contribution in [1.29, 1.82) is 0 Å². The molecular formula is C10H8ClF3INO3. The third-order valence-electron chi connectivity index (χ3n) is 2.05. The van der Waals surface area contributed by atoms with Gasteiger partial charge in [-0.15, -0.1) is 24.8 Å². The van der Waals surface area contributed by atoms with Crippen LogP contribution in [0.5, 0.6) is 5.75 Å². The van der Waals surface area contributed by atoms with Gasteiger partial charge in [0.1, 0.15) is 0 Å². The van der Waals surface area contributed by atoms with Gasteiger partial charge in [0.15, 0.2) is 5.75 Å². The summed E-state index contributed by atoms with van der Waals surface area (Å²) in [7, 11) is 1.13. The van der Waals surface area contributed by atoms with Crippen molar-refractivity contribution >= 4 is 40.2 Å². The number of hydrogen-bond acceptors (Lipinski definition) is 4. The number of aromatic nitrogens is 1. The number of alkyl halides is 4. The molecule has 19 heavy (non-hydrogen) atoms. The van der Waals surface area contributed by atoms with Crippen molar-refractivity contribution < 1.29 is 27.4 Å². The molecule has 0 amide bonds. The highest BCUT2D eigenvalue weighted by atomic mass is 127. The van der Waals surface area contributed by atoms with Crippen molar-refractivity contribution in [2.45, 2.75) is 18.7 Å².